The Labute approximate surface area is 98.8 Å². The average molecular weight is 238 g/mol. The number of thioether (sulfide) groups is 1. The maximum Gasteiger partial charge on any atom is 0.357 e. The predicted molar refractivity (Wildman–Crippen MR) is 62.8 cm³/mol. The van der Waals surface area contributed by atoms with Crippen molar-refractivity contribution < 1.29 is 9.53 Å². The van der Waals surface area contributed by atoms with E-state index in [1.54, 1.807) is 13.1 Å². The summed E-state index contributed by atoms with van der Waals surface area (Å²) in [4.78, 5) is 20.2. The van der Waals surface area contributed by atoms with Crippen molar-refractivity contribution >= 4 is 17.7 Å². The molecule has 0 saturated carbocycles. The summed E-state index contributed by atoms with van der Waals surface area (Å²) in [5, 5.41) is 0. The fourth-order valence-corrected chi connectivity index (χ4v) is 2.21. The van der Waals surface area contributed by atoms with Crippen LogP contribution in [0, 0.1) is 6.92 Å². The van der Waals surface area contributed by atoms with Gasteiger partial charge in [-0.2, -0.15) is 11.8 Å². The zero-order valence-electron chi connectivity index (χ0n) is 9.40. The van der Waals surface area contributed by atoms with Crippen molar-refractivity contribution in [1.29, 1.82) is 0 Å². The number of ether oxygens (including phenoxy) is 1. The second-order valence-electron chi connectivity index (χ2n) is 3.71. The minimum atomic E-state index is -0.351. The van der Waals surface area contributed by atoms with Crippen LogP contribution in [0.3, 0.4) is 0 Å². The molecular formula is C11H14N2O2S. The summed E-state index contributed by atoms with van der Waals surface area (Å²) >= 11 is 1.87. The van der Waals surface area contributed by atoms with Gasteiger partial charge in [-0.3, -0.25) is 0 Å². The molecule has 1 aliphatic heterocycles. The zero-order valence-corrected chi connectivity index (χ0v) is 10.2. The standard InChI is InChI=1S/C11H14N2O2S/c1-3-15-11(14)9-7(2)4-12-10(13-9)8-5-16-6-8/h4,8H,3,5-6H2,1-2H3. The lowest BCUT2D eigenvalue weighted by Crippen LogP contribution is -2.21. The van der Waals surface area contributed by atoms with Crippen LogP contribution < -0.4 is 0 Å². The molecule has 0 aliphatic carbocycles. The Morgan fingerprint density at radius 2 is 2.38 bits per heavy atom. The SMILES string of the molecule is CCOC(=O)c1nc(C2CSC2)ncc1C. The third-order valence-corrected chi connectivity index (χ3v) is 3.74. The summed E-state index contributed by atoms with van der Waals surface area (Å²) in [6.45, 7) is 3.99. The van der Waals surface area contributed by atoms with Crippen LogP contribution in [0.25, 0.3) is 0 Å². The van der Waals surface area contributed by atoms with Crippen molar-refractivity contribution in [3.8, 4) is 0 Å². The van der Waals surface area contributed by atoms with Crippen molar-refractivity contribution in [2.24, 2.45) is 0 Å². The summed E-state index contributed by atoms with van der Waals surface area (Å²) < 4.78 is 4.96. The molecule has 0 aromatic carbocycles. The molecule has 0 amide bonds. The number of aryl methyl sites for hydroxylation is 1. The summed E-state index contributed by atoms with van der Waals surface area (Å²) in [5.41, 5.74) is 1.18. The van der Waals surface area contributed by atoms with Crippen LogP contribution in [0.15, 0.2) is 6.20 Å². The molecule has 0 radical (unpaired) electrons. The molecule has 0 bridgehead atoms. The number of rotatable bonds is 3. The molecule has 0 spiro atoms. The Balaban J connectivity index is 2.24. The minimum absolute atomic E-state index is 0.351. The second-order valence-corrected chi connectivity index (χ2v) is 4.79. The minimum Gasteiger partial charge on any atom is -0.461 e. The fourth-order valence-electron chi connectivity index (χ4n) is 1.44. The molecule has 1 aromatic heterocycles. The predicted octanol–water partition coefficient (Wildman–Crippen LogP) is 1.79. The highest BCUT2D eigenvalue weighted by Crippen LogP contribution is 2.31. The lowest BCUT2D eigenvalue weighted by molar-refractivity contribution is 0.0518. The van der Waals surface area contributed by atoms with Crippen LogP contribution >= 0.6 is 11.8 Å². The summed E-state index contributed by atoms with van der Waals surface area (Å²) in [6, 6.07) is 0. The topological polar surface area (TPSA) is 52.1 Å². The van der Waals surface area contributed by atoms with E-state index >= 15 is 0 Å². The van der Waals surface area contributed by atoms with E-state index in [1.807, 2.05) is 18.7 Å². The van der Waals surface area contributed by atoms with E-state index in [1.165, 1.54) is 0 Å². The van der Waals surface area contributed by atoms with Crippen LogP contribution in [0.4, 0.5) is 0 Å². The number of esters is 1. The van der Waals surface area contributed by atoms with E-state index in [4.69, 9.17) is 4.74 Å². The Kier molecular flexibility index (Phi) is 3.43. The molecule has 4 nitrogen and oxygen atoms in total. The third kappa shape index (κ3) is 2.19. The Morgan fingerprint density at radius 3 is 2.94 bits per heavy atom. The lowest BCUT2D eigenvalue weighted by Gasteiger charge is -2.23. The van der Waals surface area contributed by atoms with Crippen LogP contribution in [0.2, 0.25) is 0 Å². The van der Waals surface area contributed by atoms with E-state index < -0.39 is 0 Å². The third-order valence-electron chi connectivity index (χ3n) is 2.46. The van der Waals surface area contributed by atoms with E-state index in [-0.39, 0.29) is 5.97 Å². The van der Waals surface area contributed by atoms with Gasteiger partial charge in [0.15, 0.2) is 5.69 Å². The molecule has 2 rings (SSSR count). The Hall–Kier alpha value is -1.10. The maximum atomic E-state index is 11.6. The van der Waals surface area contributed by atoms with E-state index in [0.717, 1.165) is 22.9 Å². The van der Waals surface area contributed by atoms with E-state index in [9.17, 15) is 4.79 Å². The molecule has 0 N–H and O–H groups in total. The highest BCUT2D eigenvalue weighted by Gasteiger charge is 2.24. The molecule has 1 saturated heterocycles. The number of hydrogen-bond acceptors (Lipinski definition) is 5. The molecular weight excluding hydrogens is 224 g/mol. The van der Waals surface area contributed by atoms with Gasteiger partial charge in [-0.15, -0.1) is 0 Å². The number of carbonyl (C=O) groups is 1. The van der Waals surface area contributed by atoms with Gasteiger partial charge in [-0.05, 0) is 13.8 Å². The van der Waals surface area contributed by atoms with Crippen molar-refractivity contribution in [3.63, 3.8) is 0 Å². The number of carbonyl (C=O) groups excluding carboxylic acids is 1. The highest BCUT2D eigenvalue weighted by molar-refractivity contribution is 8.00. The largest absolute Gasteiger partial charge is 0.461 e. The molecule has 0 unspecified atom stereocenters. The van der Waals surface area contributed by atoms with Crippen molar-refractivity contribution in [1.82, 2.24) is 9.97 Å². The van der Waals surface area contributed by atoms with Crippen molar-refractivity contribution in [3.05, 3.63) is 23.3 Å². The van der Waals surface area contributed by atoms with Gasteiger partial charge in [0.25, 0.3) is 0 Å². The number of aromatic nitrogens is 2. The van der Waals surface area contributed by atoms with Crippen LogP contribution in [-0.4, -0.2) is 34.0 Å². The van der Waals surface area contributed by atoms with E-state index in [0.29, 0.717) is 18.2 Å². The zero-order chi connectivity index (χ0) is 11.5. The van der Waals surface area contributed by atoms with Gasteiger partial charge >= 0.3 is 5.97 Å². The summed E-state index contributed by atoms with van der Waals surface area (Å²) in [7, 11) is 0. The number of nitrogens with zero attached hydrogens (tertiary/aromatic N) is 2. The van der Waals surface area contributed by atoms with Gasteiger partial charge < -0.3 is 4.74 Å². The van der Waals surface area contributed by atoms with Crippen LogP contribution in [0.1, 0.15) is 34.7 Å². The van der Waals surface area contributed by atoms with Crippen molar-refractivity contribution in [2.75, 3.05) is 18.1 Å². The monoisotopic (exact) mass is 238 g/mol. The average Bonchev–Trinajstić information content (AvgIpc) is 2.18. The lowest BCUT2D eigenvalue weighted by atomic mass is 10.1. The van der Waals surface area contributed by atoms with Gasteiger partial charge in [0, 0.05) is 29.2 Å². The first-order valence-corrected chi connectivity index (χ1v) is 6.46. The Morgan fingerprint density at radius 1 is 1.62 bits per heavy atom. The smallest absolute Gasteiger partial charge is 0.357 e. The first kappa shape index (κ1) is 11.4. The molecule has 16 heavy (non-hydrogen) atoms. The molecule has 0 atom stereocenters. The van der Waals surface area contributed by atoms with Crippen molar-refractivity contribution in [2.45, 2.75) is 19.8 Å². The van der Waals surface area contributed by atoms with Gasteiger partial charge in [0.2, 0.25) is 0 Å². The first-order chi connectivity index (χ1) is 7.72. The van der Waals surface area contributed by atoms with E-state index in [2.05, 4.69) is 9.97 Å². The van der Waals surface area contributed by atoms with Gasteiger partial charge in [-0.25, -0.2) is 14.8 Å². The molecule has 1 aromatic rings. The molecule has 1 aliphatic rings. The second kappa shape index (κ2) is 4.82. The normalized spacial score (nSPS) is 15.6. The van der Waals surface area contributed by atoms with Gasteiger partial charge in [0.05, 0.1) is 6.61 Å². The highest BCUT2D eigenvalue weighted by atomic mass is 32.2. The first-order valence-electron chi connectivity index (χ1n) is 5.30. The molecule has 5 heteroatoms. The van der Waals surface area contributed by atoms with Gasteiger partial charge in [0.1, 0.15) is 5.82 Å². The van der Waals surface area contributed by atoms with Crippen LogP contribution in [-0.2, 0) is 4.74 Å². The molecule has 86 valence electrons. The quantitative estimate of drug-likeness (QED) is 0.751. The number of hydrogen-bond donors (Lipinski definition) is 0. The van der Waals surface area contributed by atoms with Gasteiger partial charge in [-0.1, -0.05) is 0 Å². The molecule has 2 heterocycles. The summed E-state index contributed by atoms with van der Waals surface area (Å²) in [5.74, 6) is 2.92. The maximum absolute atomic E-state index is 11.6. The fraction of sp³-hybridized carbons (Fsp3) is 0.545. The summed E-state index contributed by atoms with van der Waals surface area (Å²) in [6.07, 6.45) is 1.71. The van der Waals surface area contributed by atoms with Crippen LogP contribution in [0.5, 0.6) is 0 Å². The molecule has 1 fully saturated rings. The Bertz CT molecular complexity index is 405.